The minimum Gasteiger partial charge on any atom is -0.481 e. The monoisotopic (exact) mass is 309 g/mol. The summed E-state index contributed by atoms with van der Waals surface area (Å²) in [5, 5.41) is 9.46. The number of benzene rings is 2. The maximum absolute atomic E-state index is 12.8. The predicted octanol–water partition coefficient (Wildman–Crippen LogP) is 3.22. The van der Waals surface area contributed by atoms with Crippen molar-refractivity contribution >= 4 is 17.6 Å². The molecule has 0 spiro atoms. The quantitative estimate of drug-likeness (QED) is 0.947. The first-order valence-electron chi connectivity index (χ1n) is 7.75. The summed E-state index contributed by atoms with van der Waals surface area (Å²) in [7, 11) is 0. The van der Waals surface area contributed by atoms with E-state index in [1.54, 1.807) is 4.90 Å². The molecule has 2 atom stereocenters. The lowest BCUT2D eigenvalue weighted by Crippen LogP contribution is -2.45. The molecule has 1 N–H and O–H groups in total. The number of aliphatic carboxylic acids is 1. The molecule has 3 rings (SSSR count). The number of fused-ring (bicyclic) bond motifs is 1. The van der Waals surface area contributed by atoms with Gasteiger partial charge in [0.25, 0.3) is 0 Å². The third kappa shape index (κ3) is 2.97. The van der Waals surface area contributed by atoms with E-state index in [0.29, 0.717) is 12.8 Å². The van der Waals surface area contributed by atoms with E-state index in [1.165, 1.54) is 0 Å². The normalized spacial score (nSPS) is 20.0. The molecule has 2 aromatic carbocycles. The Bertz CT molecular complexity index is 726. The van der Waals surface area contributed by atoms with Crippen LogP contribution in [0.3, 0.4) is 0 Å². The Morgan fingerprint density at radius 1 is 1.09 bits per heavy atom. The van der Waals surface area contributed by atoms with Gasteiger partial charge in [-0.15, -0.1) is 0 Å². The van der Waals surface area contributed by atoms with E-state index in [1.807, 2.05) is 61.5 Å². The van der Waals surface area contributed by atoms with Gasteiger partial charge in [0.15, 0.2) is 0 Å². The van der Waals surface area contributed by atoms with Crippen LogP contribution >= 0.6 is 0 Å². The van der Waals surface area contributed by atoms with Gasteiger partial charge < -0.3 is 10.0 Å². The molecule has 2 unspecified atom stereocenters. The lowest BCUT2D eigenvalue weighted by molar-refractivity contribution is -0.139. The van der Waals surface area contributed by atoms with Gasteiger partial charge in [-0.2, -0.15) is 0 Å². The third-order valence-corrected chi connectivity index (χ3v) is 4.35. The van der Waals surface area contributed by atoms with Crippen molar-refractivity contribution in [3.63, 3.8) is 0 Å². The summed E-state index contributed by atoms with van der Waals surface area (Å²) in [5.41, 5.74) is 2.40. The number of hydrogen-bond acceptors (Lipinski definition) is 2. The number of anilines is 1. The lowest BCUT2D eigenvalue weighted by atomic mass is 9.86. The van der Waals surface area contributed by atoms with Gasteiger partial charge in [0, 0.05) is 11.7 Å². The fourth-order valence-corrected chi connectivity index (χ4v) is 3.28. The summed E-state index contributed by atoms with van der Waals surface area (Å²) < 4.78 is 0. The molecule has 118 valence electrons. The molecule has 0 radical (unpaired) electrons. The van der Waals surface area contributed by atoms with Crippen LogP contribution in [-0.4, -0.2) is 23.0 Å². The van der Waals surface area contributed by atoms with Gasteiger partial charge in [-0.05, 0) is 30.5 Å². The van der Waals surface area contributed by atoms with Crippen LogP contribution in [0.2, 0.25) is 0 Å². The van der Waals surface area contributed by atoms with Crippen LogP contribution in [-0.2, 0) is 16.0 Å². The van der Waals surface area contributed by atoms with Crippen molar-refractivity contribution in [3.8, 4) is 0 Å². The molecule has 0 saturated carbocycles. The topological polar surface area (TPSA) is 57.6 Å². The number of amides is 1. The zero-order valence-corrected chi connectivity index (χ0v) is 13.0. The fraction of sp³-hybridized carbons (Fsp3) is 0.263. The van der Waals surface area contributed by atoms with Crippen LogP contribution in [0.1, 0.15) is 30.4 Å². The molecule has 1 heterocycles. The molecule has 4 nitrogen and oxygen atoms in total. The van der Waals surface area contributed by atoms with Crippen molar-refractivity contribution in [1.29, 1.82) is 0 Å². The second-order valence-electron chi connectivity index (χ2n) is 5.96. The SMILES string of the molecule is CC1CC(C(=O)O)c2ccccc2N1C(=O)Cc1ccccc1. The van der Waals surface area contributed by atoms with Crippen molar-refractivity contribution in [2.45, 2.75) is 31.7 Å². The van der Waals surface area contributed by atoms with Crippen LogP contribution in [0, 0.1) is 0 Å². The first-order valence-corrected chi connectivity index (χ1v) is 7.75. The van der Waals surface area contributed by atoms with Crippen molar-refractivity contribution in [1.82, 2.24) is 0 Å². The first-order chi connectivity index (χ1) is 11.1. The smallest absolute Gasteiger partial charge is 0.311 e. The number of carboxylic acid groups (broad SMARTS) is 1. The van der Waals surface area contributed by atoms with Gasteiger partial charge in [-0.25, -0.2) is 0 Å². The summed E-state index contributed by atoms with van der Waals surface area (Å²) in [6, 6.07) is 16.8. The number of rotatable bonds is 3. The second-order valence-corrected chi connectivity index (χ2v) is 5.96. The molecule has 0 bridgehead atoms. The summed E-state index contributed by atoms with van der Waals surface area (Å²) in [6.07, 6.45) is 0.754. The molecule has 2 aromatic rings. The van der Waals surface area contributed by atoms with Gasteiger partial charge in [0.1, 0.15) is 0 Å². The van der Waals surface area contributed by atoms with Crippen molar-refractivity contribution < 1.29 is 14.7 Å². The molecular formula is C19H19NO3. The molecular weight excluding hydrogens is 290 g/mol. The lowest BCUT2D eigenvalue weighted by Gasteiger charge is -2.38. The molecule has 0 aromatic heterocycles. The Balaban J connectivity index is 1.94. The van der Waals surface area contributed by atoms with E-state index in [-0.39, 0.29) is 11.9 Å². The maximum atomic E-state index is 12.8. The standard InChI is InChI=1S/C19H19NO3/c1-13-11-16(19(22)23)15-9-5-6-10-17(15)20(13)18(21)12-14-7-3-2-4-8-14/h2-10,13,16H,11-12H2,1H3,(H,22,23). The largest absolute Gasteiger partial charge is 0.481 e. The van der Waals surface area contributed by atoms with Crippen molar-refractivity contribution in [2.24, 2.45) is 0 Å². The highest BCUT2D eigenvalue weighted by atomic mass is 16.4. The molecule has 0 fully saturated rings. The second kappa shape index (κ2) is 6.24. The zero-order valence-electron chi connectivity index (χ0n) is 13.0. The fourth-order valence-electron chi connectivity index (χ4n) is 3.28. The Morgan fingerprint density at radius 3 is 2.43 bits per heavy atom. The first kappa shape index (κ1) is 15.3. The number of carbonyl (C=O) groups excluding carboxylic acids is 1. The average Bonchev–Trinajstić information content (AvgIpc) is 2.54. The van der Waals surface area contributed by atoms with Gasteiger partial charge >= 0.3 is 5.97 Å². The number of carboxylic acids is 1. The minimum atomic E-state index is -0.834. The van der Waals surface area contributed by atoms with Crippen LogP contribution in [0.4, 0.5) is 5.69 Å². The Hall–Kier alpha value is -2.62. The van der Waals surface area contributed by atoms with Crippen LogP contribution in [0.25, 0.3) is 0 Å². The van der Waals surface area contributed by atoms with Crippen molar-refractivity contribution in [2.75, 3.05) is 4.90 Å². The summed E-state index contributed by atoms with van der Waals surface area (Å²) in [6.45, 7) is 1.91. The van der Waals surface area contributed by atoms with Crippen molar-refractivity contribution in [3.05, 3.63) is 65.7 Å². The highest BCUT2D eigenvalue weighted by Crippen LogP contribution is 2.38. The average molecular weight is 309 g/mol. The Kier molecular flexibility index (Phi) is 4.15. The minimum absolute atomic E-state index is 0.0000104. The van der Waals surface area contributed by atoms with Gasteiger partial charge in [-0.1, -0.05) is 48.5 Å². The third-order valence-electron chi connectivity index (χ3n) is 4.35. The van der Waals surface area contributed by atoms with E-state index in [9.17, 15) is 14.7 Å². The molecule has 1 aliphatic heterocycles. The van der Waals surface area contributed by atoms with Crippen LogP contribution < -0.4 is 4.90 Å². The molecule has 0 aliphatic carbocycles. The Morgan fingerprint density at radius 2 is 1.74 bits per heavy atom. The zero-order chi connectivity index (χ0) is 16.4. The van der Waals surface area contributed by atoms with Gasteiger partial charge in [0.05, 0.1) is 12.3 Å². The van der Waals surface area contributed by atoms with Crippen LogP contribution in [0.5, 0.6) is 0 Å². The summed E-state index contributed by atoms with van der Waals surface area (Å²) >= 11 is 0. The van der Waals surface area contributed by atoms with Gasteiger partial charge in [-0.3, -0.25) is 9.59 Å². The van der Waals surface area contributed by atoms with E-state index in [2.05, 4.69) is 0 Å². The number of hydrogen-bond donors (Lipinski definition) is 1. The van der Waals surface area contributed by atoms with Gasteiger partial charge in [0.2, 0.25) is 5.91 Å². The predicted molar refractivity (Wildman–Crippen MR) is 88.5 cm³/mol. The maximum Gasteiger partial charge on any atom is 0.311 e. The Labute approximate surface area is 135 Å². The van der Waals surface area contributed by atoms with E-state index < -0.39 is 11.9 Å². The number of carbonyl (C=O) groups is 2. The number of nitrogens with zero attached hydrogens (tertiary/aromatic N) is 1. The highest BCUT2D eigenvalue weighted by Gasteiger charge is 2.36. The van der Waals surface area contributed by atoms with Crippen LogP contribution in [0.15, 0.2) is 54.6 Å². The highest BCUT2D eigenvalue weighted by molar-refractivity contribution is 5.98. The van der Waals surface area contributed by atoms with E-state index >= 15 is 0 Å². The summed E-state index contributed by atoms with van der Waals surface area (Å²) in [5.74, 6) is -1.39. The molecule has 23 heavy (non-hydrogen) atoms. The van der Waals surface area contributed by atoms with E-state index in [0.717, 1.165) is 16.8 Å². The molecule has 1 amide bonds. The number of para-hydroxylation sites is 1. The van der Waals surface area contributed by atoms with E-state index in [4.69, 9.17) is 0 Å². The molecule has 4 heteroatoms. The molecule has 1 aliphatic rings. The summed E-state index contributed by atoms with van der Waals surface area (Å²) in [4.78, 5) is 26.1. The molecule has 0 saturated heterocycles.